The molecule has 0 bridgehead atoms. The van der Waals surface area contributed by atoms with Crippen LogP contribution in [0.5, 0.6) is 0 Å². The largest absolute Gasteiger partial charge is 0.477 e. The Hall–Kier alpha value is -2.69. The molecule has 2 rings (SSSR count). The first-order valence-electron chi connectivity index (χ1n) is 6.48. The van der Waals surface area contributed by atoms with E-state index in [0.717, 1.165) is 0 Å². The van der Waals surface area contributed by atoms with Crippen molar-refractivity contribution in [3.8, 4) is 0 Å². The predicted molar refractivity (Wildman–Crippen MR) is 77.9 cm³/mol. The molecule has 21 heavy (non-hydrogen) atoms. The molecule has 108 valence electrons. The van der Waals surface area contributed by atoms with E-state index in [1.807, 2.05) is 0 Å². The van der Waals surface area contributed by atoms with Crippen molar-refractivity contribution in [3.05, 3.63) is 69.6 Å². The highest BCUT2D eigenvalue weighted by Crippen LogP contribution is 2.14. The third-order valence-electron chi connectivity index (χ3n) is 3.38. The molecule has 0 fully saturated rings. The standard InChI is InChI=1S/C16H15NO4/c1-10-8-9-13(16(20)21)15(19)17(10)11(2)14(18)12-6-4-3-5-7-12/h3-9,11H,1-2H3,(H,20,21). The molecule has 0 aliphatic heterocycles. The summed E-state index contributed by atoms with van der Waals surface area (Å²) in [6.45, 7) is 3.26. The fourth-order valence-electron chi connectivity index (χ4n) is 2.25. The monoisotopic (exact) mass is 285 g/mol. The van der Waals surface area contributed by atoms with E-state index in [4.69, 9.17) is 5.11 Å². The summed E-state index contributed by atoms with van der Waals surface area (Å²) in [6, 6.07) is 10.6. The fourth-order valence-corrected chi connectivity index (χ4v) is 2.25. The molecule has 5 nitrogen and oxygen atoms in total. The van der Waals surface area contributed by atoms with Crippen molar-refractivity contribution in [1.82, 2.24) is 4.57 Å². The zero-order valence-corrected chi connectivity index (χ0v) is 11.7. The predicted octanol–water partition coefficient (Wildman–Crippen LogP) is 2.30. The molecule has 0 saturated carbocycles. The minimum Gasteiger partial charge on any atom is -0.477 e. The molecule has 0 radical (unpaired) electrons. The van der Waals surface area contributed by atoms with Crippen molar-refractivity contribution >= 4 is 11.8 Å². The molecule has 5 heteroatoms. The van der Waals surface area contributed by atoms with Crippen LogP contribution in [0.2, 0.25) is 0 Å². The van der Waals surface area contributed by atoms with Crippen LogP contribution in [-0.4, -0.2) is 21.4 Å². The minimum absolute atomic E-state index is 0.233. The number of carboxylic acid groups (broad SMARTS) is 1. The molecule has 1 heterocycles. The molecule has 2 aromatic rings. The summed E-state index contributed by atoms with van der Waals surface area (Å²) in [5.74, 6) is -1.53. The average Bonchev–Trinajstić information content (AvgIpc) is 2.46. The number of benzene rings is 1. The fraction of sp³-hybridized carbons (Fsp3) is 0.188. The number of aromatic nitrogens is 1. The van der Waals surface area contributed by atoms with Crippen LogP contribution >= 0.6 is 0 Å². The topological polar surface area (TPSA) is 76.4 Å². The van der Waals surface area contributed by atoms with Crippen molar-refractivity contribution in [3.63, 3.8) is 0 Å². The van der Waals surface area contributed by atoms with Crippen molar-refractivity contribution in [2.75, 3.05) is 0 Å². The number of carbonyl (C=O) groups is 2. The molecule has 1 atom stereocenters. The van der Waals surface area contributed by atoms with Crippen LogP contribution in [-0.2, 0) is 0 Å². The lowest BCUT2D eigenvalue weighted by atomic mass is 10.0. The van der Waals surface area contributed by atoms with Gasteiger partial charge in [-0.2, -0.15) is 0 Å². The second kappa shape index (κ2) is 5.75. The van der Waals surface area contributed by atoms with E-state index in [9.17, 15) is 14.4 Å². The smallest absolute Gasteiger partial charge is 0.341 e. The maximum atomic E-state index is 12.4. The molecule has 1 unspecified atom stereocenters. The van der Waals surface area contributed by atoms with E-state index in [1.54, 1.807) is 44.2 Å². The van der Waals surface area contributed by atoms with Gasteiger partial charge in [0, 0.05) is 11.3 Å². The van der Waals surface area contributed by atoms with Crippen LogP contribution in [0.25, 0.3) is 0 Å². The minimum atomic E-state index is -1.30. The zero-order chi connectivity index (χ0) is 15.6. The first-order valence-corrected chi connectivity index (χ1v) is 6.48. The van der Waals surface area contributed by atoms with Crippen LogP contribution in [0.15, 0.2) is 47.3 Å². The van der Waals surface area contributed by atoms with E-state index in [2.05, 4.69) is 0 Å². The Balaban J connectivity index is 2.51. The van der Waals surface area contributed by atoms with Gasteiger partial charge in [0.05, 0.1) is 6.04 Å². The number of nitrogens with zero attached hydrogens (tertiary/aromatic N) is 1. The molecule has 0 spiro atoms. The van der Waals surface area contributed by atoms with E-state index in [1.165, 1.54) is 16.7 Å². The summed E-state index contributed by atoms with van der Waals surface area (Å²) in [7, 11) is 0. The lowest BCUT2D eigenvalue weighted by Gasteiger charge is -2.17. The lowest BCUT2D eigenvalue weighted by molar-refractivity contribution is 0.0692. The summed E-state index contributed by atoms with van der Waals surface area (Å²) in [6.07, 6.45) is 0. The average molecular weight is 285 g/mol. The molecular weight excluding hydrogens is 270 g/mol. The number of hydrogen-bond acceptors (Lipinski definition) is 3. The molecule has 0 amide bonds. The number of ketones is 1. The van der Waals surface area contributed by atoms with Crippen molar-refractivity contribution in [2.24, 2.45) is 0 Å². The highest BCUT2D eigenvalue weighted by atomic mass is 16.4. The van der Waals surface area contributed by atoms with Gasteiger partial charge in [-0.25, -0.2) is 4.79 Å². The molecule has 0 saturated heterocycles. The molecule has 1 aromatic carbocycles. The maximum Gasteiger partial charge on any atom is 0.341 e. The maximum absolute atomic E-state index is 12.4. The first kappa shape index (κ1) is 14.7. The van der Waals surface area contributed by atoms with Crippen molar-refractivity contribution < 1.29 is 14.7 Å². The summed E-state index contributed by atoms with van der Waals surface area (Å²) < 4.78 is 1.22. The number of carboxylic acids is 1. The first-order chi connectivity index (χ1) is 9.93. The van der Waals surface area contributed by atoms with Gasteiger partial charge in [0.15, 0.2) is 5.78 Å². The van der Waals surface area contributed by atoms with Gasteiger partial charge in [-0.15, -0.1) is 0 Å². The van der Waals surface area contributed by atoms with Gasteiger partial charge < -0.3 is 9.67 Å². The van der Waals surface area contributed by atoms with Gasteiger partial charge >= 0.3 is 5.97 Å². The summed E-state index contributed by atoms with van der Waals surface area (Å²) in [5, 5.41) is 9.02. The zero-order valence-electron chi connectivity index (χ0n) is 11.7. The van der Waals surface area contributed by atoms with Crippen LogP contribution in [0.1, 0.15) is 39.4 Å². The number of carbonyl (C=O) groups excluding carboxylic acids is 1. The number of hydrogen-bond donors (Lipinski definition) is 1. The van der Waals surface area contributed by atoms with E-state index in [-0.39, 0.29) is 11.3 Å². The van der Waals surface area contributed by atoms with Crippen LogP contribution in [0.4, 0.5) is 0 Å². The molecule has 1 N–H and O–H groups in total. The van der Waals surface area contributed by atoms with Crippen molar-refractivity contribution in [2.45, 2.75) is 19.9 Å². The van der Waals surface area contributed by atoms with Gasteiger partial charge in [-0.05, 0) is 26.0 Å². The van der Waals surface area contributed by atoms with Crippen molar-refractivity contribution in [1.29, 1.82) is 0 Å². The molecule has 1 aromatic heterocycles. The Labute approximate surface area is 121 Å². The molecule has 0 aliphatic rings. The Bertz CT molecular complexity index is 747. The Morgan fingerprint density at radius 3 is 2.29 bits per heavy atom. The quantitative estimate of drug-likeness (QED) is 0.874. The van der Waals surface area contributed by atoms with Crippen LogP contribution < -0.4 is 5.56 Å². The highest BCUT2D eigenvalue weighted by molar-refractivity contribution is 5.98. The summed E-state index contributed by atoms with van der Waals surface area (Å²) >= 11 is 0. The number of aromatic carboxylic acids is 1. The Morgan fingerprint density at radius 1 is 1.10 bits per heavy atom. The second-order valence-electron chi connectivity index (χ2n) is 4.77. The summed E-state index contributed by atoms with van der Waals surface area (Å²) in [4.78, 5) is 35.7. The van der Waals surface area contributed by atoms with Gasteiger partial charge in [-0.1, -0.05) is 30.3 Å². The van der Waals surface area contributed by atoms with Crippen LogP contribution in [0.3, 0.4) is 0 Å². The van der Waals surface area contributed by atoms with Crippen LogP contribution in [0, 0.1) is 6.92 Å². The number of Topliss-reactive ketones (excluding diaryl/α,β-unsaturated/α-hetero) is 1. The van der Waals surface area contributed by atoms with Gasteiger partial charge in [0.1, 0.15) is 5.56 Å². The SMILES string of the molecule is Cc1ccc(C(=O)O)c(=O)n1C(C)C(=O)c1ccccc1. The lowest BCUT2D eigenvalue weighted by Crippen LogP contribution is -2.33. The Kier molecular flexibility index (Phi) is 4.03. The van der Waals surface area contributed by atoms with E-state index >= 15 is 0 Å². The second-order valence-corrected chi connectivity index (χ2v) is 4.77. The normalized spacial score (nSPS) is 11.9. The van der Waals surface area contributed by atoms with E-state index in [0.29, 0.717) is 11.3 Å². The third kappa shape index (κ3) is 2.76. The number of aryl methyl sites for hydroxylation is 1. The molecule has 0 aliphatic carbocycles. The van der Waals surface area contributed by atoms with Gasteiger partial charge in [0.25, 0.3) is 5.56 Å². The Morgan fingerprint density at radius 2 is 1.71 bits per heavy atom. The third-order valence-corrected chi connectivity index (χ3v) is 3.38. The number of pyridine rings is 1. The highest BCUT2D eigenvalue weighted by Gasteiger charge is 2.22. The number of rotatable bonds is 4. The van der Waals surface area contributed by atoms with Gasteiger partial charge in [0.2, 0.25) is 0 Å². The van der Waals surface area contributed by atoms with Gasteiger partial charge in [-0.3, -0.25) is 9.59 Å². The van der Waals surface area contributed by atoms with E-state index < -0.39 is 17.6 Å². The molecular formula is C16H15NO4. The summed E-state index contributed by atoms with van der Waals surface area (Å²) in [5.41, 5.74) is 0.0198.